The molecule has 1 heterocycles. The van der Waals surface area contributed by atoms with Crippen molar-refractivity contribution >= 4 is 22.6 Å². The number of nitro benzene ring substituents is 1. The van der Waals surface area contributed by atoms with Crippen molar-refractivity contribution in [3.05, 3.63) is 85.3 Å². The van der Waals surface area contributed by atoms with Gasteiger partial charge in [-0.1, -0.05) is 18.2 Å². The zero-order valence-corrected chi connectivity index (χ0v) is 14.1. The number of carbonyl (C=O) groups excluding carboxylic acids is 1. The average molecular weight is 353 g/mol. The number of aryl methyl sites for hydroxylation is 1. The maximum atomic E-state index is 12.3. The summed E-state index contributed by atoms with van der Waals surface area (Å²) in [6, 6.07) is 10.9. The first-order chi connectivity index (χ1) is 12.4. The number of esters is 1. The Labute approximate surface area is 148 Å². The summed E-state index contributed by atoms with van der Waals surface area (Å²) < 4.78 is 10.4. The van der Waals surface area contributed by atoms with Gasteiger partial charge in [0.05, 0.1) is 10.5 Å². The molecule has 7 nitrogen and oxygen atoms in total. The topological polar surface area (TPSA) is 99.6 Å². The monoisotopic (exact) mass is 353 g/mol. The van der Waals surface area contributed by atoms with Crippen molar-refractivity contribution in [2.45, 2.75) is 20.5 Å². The molecule has 0 aliphatic rings. The first kappa shape index (κ1) is 17.3. The molecule has 26 heavy (non-hydrogen) atoms. The van der Waals surface area contributed by atoms with Crippen LogP contribution in [0.1, 0.15) is 27.0 Å². The fraction of sp³-hybridized carbons (Fsp3) is 0.158. The van der Waals surface area contributed by atoms with Crippen molar-refractivity contribution in [2.75, 3.05) is 0 Å². The fourth-order valence-electron chi connectivity index (χ4n) is 2.72. The van der Waals surface area contributed by atoms with E-state index < -0.39 is 16.5 Å². The Kier molecular flexibility index (Phi) is 4.53. The van der Waals surface area contributed by atoms with E-state index in [1.54, 1.807) is 12.1 Å². The molecular weight excluding hydrogens is 338 g/mol. The molecule has 0 bridgehead atoms. The number of carbonyl (C=O) groups is 1. The standard InChI is InChI=1S/C19H15NO6/c1-11-6-7-15-13(9-18(21)26-17(15)8-11)10-25-19(22)14-4-3-5-16(12(14)2)20(23)24/h3-9H,10H2,1-2H3. The molecule has 7 heteroatoms. The Morgan fingerprint density at radius 2 is 1.96 bits per heavy atom. The number of nitrogens with zero attached hydrogens (tertiary/aromatic N) is 1. The SMILES string of the molecule is Cc1ccc2c(COC(=O)c3cccc([N+](=O)[O-])c3C)cc(=O)oc2c1. The number of hydrogen-bond donors (Lipinski definition) is 0. The van der Waals surface area contributed by atoms with Crippen LogP contribution in [-0.4, -0.2) is 10.9 Å². The van der Waals surface area contributed by atoms with Crippen molar-refractivity contribution in [2.24, 2.45) is 0 Å². The number of nitro groups is 1. The van der Waals surface area contributed by atoms with Crippen LogP contribution in [0.15, 0.2) is 51.7 Å². The van der Waals surface area contributed by atoms with Gasteiger partial charge in [-0.05, 0) is 31.5 Å². The lowest BCUT2D eigenvalue weighted by Crippen LogP contribution is -2.10. The van der Waals surface area contributed by atoms with Crippen molar-refractivity contribution in [1.29, 1.82) is 0 Å². The van der Waals surface area contributed by atoms with E-state index in [9.17, 15) is 19.7 Å². The van der Waals surface area contributed by atoms with Gasteiger partial charge in [-0.25, -0.2) is 9.59 Å². The molecule has 0 spiro atoms. The molecule has 3 rings (SSSR count). The van der Waals surface area contributed by atoms with Gasteiger partial charge in [-0.2, -0.15) is 0 Å². The highest BCUT2D eigenvalue weighted by molar-refractivity contribution is 5.92. The second-order valence-electron chi connectivity index (χ2n) is 5.87. The van der Waals surface area contributed by atoms with Gasteiger partial charge in [-0.15, -0.1) is 0 Å². The third kappa shape index (κ3) is 3.32. The Balaban J connectivity index is 1.89. The van der Waals surface area contributed by atoms with Gasteiger partial charge in [0.15, 0.2) is 0 Å². The normalized spacial score (nSPS) is 10.7. The van der Waals surface area contributed by atoms with Crippen LogP contribution in [0.4, 0.5) is 5.69 Å². The largest absolute Gasteiger partial charge is 0.457 e. The molecule has 0 fully saturated rings. The molecule has 0 aliphatic heterocycles. The second-order valence-corrected chi connectivity index (χ2v) is 5.87. The van der Waals surface area contributed by atoms with Gasteiger partial charge in [0, 0.05) is 28.6 Å². The van der Waals surface area contributed by atoms with Gasteiger partial charge in [-0.3, -0.25) is 10.1 Å². The van der Waals surface area contributed by atoms with Crippen LogP contribution < -0.4 is 5.63 Å². The predicted octanol–water partition coefficient (Wildman–Crippen LogP) is 3.68. The summed E-state index contributed by atoms with van der Waals surface area (Å²) in [7, 11) is 0. The average Bonchev–Trinajstić information content (AvgIpc) is 2.58. The zero-order chi connectivity index (χ0) is 18.8. The van der Waals surface area contributed by atoms with E-state index in [4.69, 9.17) is 9.15 Å². The summed E-state index contributed by atoms with van der Waals surface area (Å²) in [6.45, 7) is 3.22. The van der Waals surface area contributed by atoms with Crippen LogP contribution in [0.5, 0.6) is 0 Å². The lowest BCUT2D eigenvalue weighted by molar-refractivity contribution is -0.385. The van der Waals surface area contributed by atoms with Crippen LogP contribution in [0, 0.1) is 24.0 Å². The molecule has 0 N–H and O–H groups in total. The lowest BCUT2D eigenvalue weighted by Gasteiger charge is -2.09. The Hall–Kier alpha value is -3.48. The summed E-state index contributed by atoms with van der Waals surface area (Å²) in [5, 5.41) is 11.7. The number of ether oxygens (including phenoxy) is 1. The Morgan fingerprint density at radius 1 is 1.19 bits per heavy atom. The highest BCUT2D eigenvalue weighted by Crippen LogP contribution is 2.23. The van der Waals surface area contributed by atoms with Crippen LogP contribution in [-0.2, 0) is 11.3 Å². The Morgan fingerprint density at radius 3 is 2.69 bits per heavy atom. The summed E-state index contributed by atoms with van der Waals surface area (Å²) >= 11 is 0. The minimum absolute atomic E-state index is 0.113. The molecule has 1 aromatic heterocycles. The molecule has 3 aromatic rings. The molecule has 0 amide bonds. The molecule has 132 valence electrons. The lowest BCUT2D eigenvalue weighted by atomic mass is 10.1. The number of fused-ring (bicyclic) bond motifs is 1. The molecule has 0 unspecified atom stereocenters. The third-order valence-corrected chi connectivity index (χ3v) is 4.07. The second kappa shape index (κ2) is 6.79. The van der Waals surface area contributed by atoms with E-state index in [2.05, 4.69) is 0 Å². The van der Waals surface area contributed by atoms with E-state index >= 15 is 0 Å². The van der Waals surface area contributed by atoms with Crippen LogP contribution >= 0.6 is 0 Å². The van der Waals surface area contributed by atoms with Gasteiger partial charge in [0.1, 0.15) is 12.2 Å². The summed E-state index contributed by atoms with van der Waals surface area (Å²) in [5.41, 5.74) is 1.50. The molecule has 0 saturated carbocycles. The highest BCUT2D eigenvalue weighted by Gasteiger charge is 2.19. The molecule has 2 aromatic carbocycles. The van der Waals surface area contributed by atoms with Crippen LogP contribution in [0.2, 0.25) is 0 Å². The van der Waals surface area contributed by atoms with Crippen molar-refractivity contribution in [1.82, 2.24) is 0 Å². The minimum atomic E-state index is -0.695. The number of benzene rings is 2. The smallest absolute Gasteiger partial charge is 0.338 e. The van der Waals surface area contributed by atoms with Crippen molar-refractivity contribution in [3.63, 3.8) is 0 Å². The zero-order valence-electron chi connectivity index (χ0n) is 14.1. The quantitative estimate of drug-likeness (QED) is 0.307. The van der Waals surface area contributed by atoms with Gasteiger partial charge >= 0.3 is 11.6 Å². The predicted molar refractivity (Wildman–Crippen MR) is 94.2 cm³/mol. The number of hydrogen-bond acceptors (Lipinski definition) is 6. The van der Waals surface area contributed by atoms with Crippen molar-refractivity contribution < 1.29 is 18.9 Å². The molecular formula is C19H15NO6. The minimum Gasteiger partial charge on any atom is -0.457 e. The van der Waals surface area contributed by atoms with E-state index in [1.807, 2.05) is 13.0 Å². The maximum Gasteiger partial charge on any atom is 0.338 e. The third-order valence-electron chi connectivity index (χ3n) is 4.07. The van der Waals surface area contributed by atoms with E-state index in [1.165, 1.54) is 31.2 Å². The molecule has 0 radical (unpaired) electrons. The Bertz CT molecular complexity index is 1080. The van der Waals surface area contributed by atoms with Crippen LogP contribution in [0.3, 0.4) is 0 Å². The summed E-state index contributed by atoms with van der Waals surface area (Å²) in [4.78, 5) is 34.5. The fourth-order valence-corrected chi connectivity index (χ4v) is 2.72. The first-order valence-corrected chi connectivity index (χ1v) is 7.81. The van der Waals surface area contributed by atoms with Gasteiger partial charge in [0.2, 0.25) is 0 Å². The van der Waals surface area contributed by atoms with E-state index in [0.717, 1.165) is 5.56 Å². The van der Waals surface area contributed by atoms with Gasteiger partial charge in [0.25, 0.3) is 5.69 Å². The summed E-state index contributed by atoms with van der Waals surface area (Å²) in [5.74, 6) is -0.695. The van der Waals surface area contributed by atoms with E-state index in [-0.39, 0.29) is 23.4 Å². The van der Waals surface area contributed by atoms with E-state index in [0.29, 0.717) is 16.5 Å². The van der Waals surface area contributed by atoms with Crippen molar-refractivity contribution in [3.8, 4) is 0 Å². The number of rotatable bonds is 4. The summed E-state index contributed by atoms with van der Waals surface area (Å²) in [6.07, 6.45) is 0. The van der Waals surface area contributed by atoms with Crippen LogP contribution in [0.25, 0.3) is 11.0 Å². The maximum absolute atomic E-state index is 12.3. The molecule has 0 aliphatic carbocycles. The highest BCUT2D eigenvalue weighted by atomic mass is 16.6. The first-order valence-electron chi connectivity index (χ1n) is 7.81. The molecule has 0 saturated heterocycles. The molecule has 0 atom stereocenters. The van der Waals surface area contributed by atoms with Gasteiger partial charge < -0.3 is 9.15 Å².